The summed E-state index contributed by atoms with van der Waals surface area (Å²) in [6, 6.07) is 14.0. The first-order valence-corrected chi connectivity index (χ1v) is 5.23. The van der Waals surface area contributed by atoms with Gasteiger partial charge in [-0.05, 0) is 16.6 Å². The largest absolute Gasteiger partial charge is 0.489 e. The second kappa shape index (κ2) is 4.95. The average molecular weight is 226 g/mol. The van der Waals surface area contributed by atoms with Gasteiger partial charge in [0.2, 0.25) is 0 Å². The number of hydrogen-bond donors (Lipinski definition) is 2. The van der Waals surface area contributed by atoms with Crippen LogP contribution in [0.2, 0.25) is 0 Å². The van der Waals surface area contributed by atoms with Crippen LogP contribution in [0.15, 0.2) is 48.5 Å². The molecule has 0 heterocycles. The molecule has 0 saturated carbocycles. The van der Waals surface area contributed by atoms with Crippen LogP contribution in [0, 0.1) is 0 Å². The van der Waals surface area contributed by atoms with Gasteiger partial charge in [0.1, 0.15) is 0 Å². The lowest BCUT2D eigenvalue weighted by molar-refractivity contribution is 0.112. The fraction of sp³-hybridized carbons (Fsp3) is 0. The van der Waals surface area contributed by atoms with Gasteiger partial charge in [0.25, 0.3) is 0 Å². The van der Waals surface area contributed by atoms with Gasteiger partial charge in [-0.15, -0.1) is 0 Å². The minimum absolute atomic E-state index is 0.391. The molecule has 2 N–H and O–H groups in total. The highest BCUT2D eigenvalue weighted by molar-refractivity contribution is 6.60. The summed E-state index contributed by atoms with van der Waals surface area (Å²) in [5.41, 5.74) is 2.28. The molecule has 0 aliphatic rings. The van der Waals surface area contributed by atoms with E-state index in [-0.39, 0.29) is 0 Å². The monoisotopic (exact) mass is 226 g/mol. The number of rotatable bonds is 3. The lowest BCUT2D eigenvalue weighted by Crippen LogP contribution is -2.31. The van der Waals surface area contributed by atoms with Gasteiger partial charge in [0.15, 0.2) is 6.29 Å². The molecule has 4 heteroatoms. The summed E-state index contributed by atoms with van der Waals surface area (Å²) >= 11 is 0. The Kier molecular flexibility index (Phi) is 3.37. The highest BCUT2D eigenvalue weighted by atomic mass is 16.4. The fourth-order valence-electron chi connectivity index (χ4n) is 1.81. The predicted octanol–water partition coefficient (Wildman–Crippen LogP) is 0.846. The first-order valence-electron chi connectivity index (χ1n) is 5.23. The van der Waals surface area contributed by atoms with Crippen molar-refractivity contribution in [3.8, 4) is 11.1 Å². The number of carbonyl (C=O) groups is 1. The molecule has 3 nitrogen and oxygen atoms in total. The van der Waals surface area contributed by atoms with E-state index in [0.29, 0.717) is 22.2 Å². The van der Waals surface area contributed by atoms with Crippen LogP contribution in [0.4, 0.5) is 0 Å². The van der Waals surface area contributed by atoms with Gasteiger partial charge in [-0.25, -0.2) is 0 Å². The normalized spacial score (nSPS) is 10.0. The number of benzene rings is 2. The van der Waals surface area contributed by atoms with Gasteiger partial charge in [-0.1, -0.05) is 48.5 Å². The Labute approximate surface area is 99.5 Å². The molecular weight excluding hydrogens is 215 g/mol. The Balaban J connectivity index is 2.64. The highest BCUT2D eigenvalue weighted by Gasteiger charge is 2.17. The Hall–Kier alpha value is -1.91. The molecule has 0 amide bonds. The maximum Gasteiger partial charge on any atom is 0.489 e. The van der Waals surface area contributed by atoms with E-state index in [1.54, 1.807) is 42.5 Å². The molecule has 0 fully saturated rings. The quantitative estimate of drug-likeness (QED) is 0.602. The maximum absolute atomic E-state index is 11.0. The van der Waals surface area contributed by atoms with E-state index in [9.17, 15) is 14.8 Å². The molecule has 0 radical (unpaired) electrons. The van der Waals surface area contributed by atoms with Crippen LogP contribution < -0.4 is 5.46 Å². The SMILES string of the molecule is O=Cc1ccccc1-c1ccccc1B(O)O. The van der Waals surface area contributed by atoms with Crippen LogP contribution in [0.25, 0.3) is 11.1 Å². The van der Waals surface area contributed by atoms with E-state index < -0.39 is 7.12 Å². The van der Waals surface area contributed by atoms with Gasteiger partial charge in [-0.2, -0.15) is 0 Å². The van der Waals surface area contributed by atoms with E-state index in [0.717, 1.165) is 6.29 Å². The number of hydrogen-bond acceptors (Lipinski definition) is 3. The van der Waals surface area contributed by atoms with Crippen molar-refractivity contribution in [3.05, 3.63) is 54.1 Å². The van der Waals surface area contributed by atoms with Gasteiger partial charge in [0, 0.05) is 5.56 Å². The second-order valence-electron chi connectivity index (χ2n) is 3.67. The van der Waals surface area contributed by atoms with Crippen molar-refractivity contribution in [1.29, 1.82) is 0 Å². The van der Waals surface area contributed by atoms with Crippen LogP contribution in [0.5, 0.6) is 0 Å². The third kappa shape index (κ3) is 2.28. The molecule has 84 valence electrons. The molecule has 0 aromatic heterocycles. The lowest BCUT2D eigenvalue weighted by Gasteiger charge is -2.10. The van der Waals surface area contributed by atoms with Gasteiger partial charge < -0.3 is 10.0 Å². The number of carbonyl (C=O) groups excluding carboxylic acids is 1. The van der Waals surface area contributed by atoms with E-state index in [2.05, 4.69) is 0 Å². The summed E-state index contributed by atoms with van der Waals surface area (Å²) in [5, 5.41) is 18.6. The summed E-state index contributed by atoms with van der Waals surface area (Å²) < 4.78 is 0. The maximum atomic E-state index is 11.0. The van der Waals surface area contributed by atoms with Crippen molar-refractivity contribution < 1.29 is 14.8 Å². The van der Waals surface area contributed by atoms with Crippen LogP contribution in [-0.4, -0.2) is 23.5 Å². The molecular formula is C13H11BO3. The van der Waals surface area contributed by atoms with E-state index in [1.807, 2.05) is 6.07 Å². The average Bonchev–Trinajstić information content (AvgIpc) is 2.38. The second-order valence-corrected chi connectivity index (χ2v) is 3.67. The molecule has 0 atom stereocenters. The first-order chi connectivity index (χ1) is 8.24. The third-order valence-corrected chi connectivity index (χ3v) is 2.62. The predicted molar refractivity (Wildman–Crippen MR) is 67.1 cm³/mol. The molecule has 0 spiro atoms. The summed E-state index contributed by atoms with van der Waals surface area (Å²) in [4.78, 5) is 11.0. The third-order valence-electron chi connectivity index (χ3n) is 2.62. The standard InChI is InChI=1S/C13H11BO3/c15-9-10-5-1-2-6-11(10)12-7-3-4-8-13(12)14(16)17/h1-9,16-17H. The fourth-order valence-corrected chi connectivity index (χ4v) is 1.81. The zero-order valence-electron chi connectivity index (χ0n) is 9.08. The molecule has 2 rings (SSSR count). The van der Waals surface area contributed by atoms with Gasteiger partial charge >= 0.3 is 7.12 Å². The van der Waals surface area contributed by atoms with Crippen LogP contribution >= 0.6 is 0 Å². The molecule has 0 aliphatic heterocycles. The lowest BCUT2D eigenvalue weighted by atomic mass is 9.75. The zero-order chi connectivity index (χ0) is 12.3. The molecule has 2 aromatic carbocycles. The summed E-state index contributed by atoms with van der Waals surface area (Å²) in [6.45, 7) is 0. The van der Waals surface area contributed by atoms with Crippen molar-refractivity contribution in [2.75, 3.05) is 0 Å². The molecule has 2 aromatic rings. The Bertz CT molecular complexity index is 538. The van der Waals surface area contributed by atoms with Crippen LogP contribution in [0.3, 0.4) is 0 Å². The van der Waals surface area contributed by atoms with Crippen molar-refractivity contribution in [3.63, 3.8) is 0 Å². The Morgan fingerprint density at radius 3 is 2.12 bits per heavy atom. The van der Waals surface area contributed by atoms with E-state index in [4.69, 9.17) is 0 Å². The van der Waals surface area contributed by atoms with Crippen molar-refractivity contribution >= 4 is 18.9 Å². The molecule has 0 aliphatic carbocycles. The van der Waals surface area contributed by atoms with Gasteiger partial charge in [-0.3, -0.25) is 4.79 Å². The Morgan fingerprint density at radius 2 is 1.47 bits per heavy atom. The summed E-state index contributed by atoms with van der Waals surface area (Å²) in [5.74, 6) is 0. The van der Waals surface area contributed by atoms with Crippen molar-refractivity contribution in [2.24, 2.45) is 0 Å². The van der Waals surface area contributed by atoms with Crippen molar-refractivity contribution in [1.82, 2.24) is 0 Å². The van der Waals surface area contributed by atoms with Crippen molar-refractivity contribution in [2.45, 2.75) is 0 Å². The summed E-state index contributed by atoms with van der Waals surface area (Å²) in [7, 11) is -1.55. The molecule has 0 bridgehead atoms. The minimum Gasteiger partial charge on any atom is -0.423 e. The topological polar surface area (TPSA) is 57.5 Å². The first kappa shape index (κ1) is 11.6. The number of aldehydes is 1. The van der Waals surface area contributed by atoms with Gasteiger partial charge in [0.05, 0.1) is 0 Å². The zero-order valence-corrected chi connectivity index (χ0v) is 9.08. The minimum atomic E-state index is -1.55. The molecule has 17 heavy (non-hydrogen) atoms. The molecule has 0 saturated heterocycles. The van der Waals surface area contributed by atoms with E-state index in [1.165, 1.54) is 0 Å². The van der Waals surface area contributed by atoms with E-state index >= 15 is 0 Å². The summed E-state index contributed by atoms with van der Waals surface area (Å²) in [6.07, 6.45) is 0.760. The molecule has 0 unspecified atom stereocenters. The van der Waals surface area contributed by atoms with Crippen LogP contribution in [-0.2, 0) is 0 Å². The smallest absolute Gasteiger partial charge is 0.423 e. The Morgan fingerprint density at radius 1 is 0.882 bits per heavy atom. The van der Waals surface area contributed by atoms with Crippen LogP contribution in [0.1, 0.15) is 10.4 Å². The highest BCUT2D eigenvalue weighted by Crippen LogP contribution is 2.20.